The molecule has 4 nitrogen and oxygen atoms in total. The van der Waals surface area contributed by atoms with Crippen molar-refractivity contribution in [1.29, 1.82) is 0 Å². The fourth-order valence-corrected chi connectivity index (χ4v) is 2.42. The Kier molecular flexibility index (Phi) is 6.63. The number of primary amides is 1. The Labute approximate surface area is 137 Å². The van der Waals surface area contributed by atoms with Crippen LogP contribution in [0.3, 0.4) is 0 Å². The molecule has 0 aromatic heterocycles. The molecule has 0 aliphatic heterocycles. The minimum atomic E-state index is -0.249. The van der Waals surface area contributed by atoms with Gasteiger partial charge in [-0.15, -0.1) is 0 Å². The van der Waals surface area contributed by atoms with Crippen molar-refractivity contribution in [2.75, 3.05) is 7.11 Å². The number of methoxy groups -OCH3 is 1. The summed E-state index contributed by atoms with van der Waals surface area (Å²) in [4.78, 5) is 10.7. The zero-order valence-electron chi connectivity index (χ0n) is 13.4. The van der Waals surface area contributed by atoms with Crippen molar-refractivity contribution < 1.29 is 14.3 Å². The molecule has 2 N–H and O–H groups in total. The highest BCUT2D eigenvalue weighted by Gasteiger charge is 2.10. The topological polar surface area (TPSA) is 61.5 Å². The van der Waals surface area contributed by atoms with Gasteiger partial charge in [0.25, 0.3) is 0 Å². The number of benzene rings is 2. The lowest BCUT2D eigenvalue weighted by atomic mass is 10.0. The van der Waals surface area contributed by atoms with E-state index in [9.17, 15) is 4.79 Å². The highest BCUT2D eigenvalue weighted by atomic mass is 16.5. The van der Waals surface area contributed by atoms with Gasteiger partial charge in [-0.1, -0.05) is 36.8 Å². The molecule has 0 saturated heterocycles. The van der Waals surface area contributed by atoms with Gasteiger partial charge in [0.1, 0.15) is 11.5 Å². The first-order chi connectivity index (χ1) is 11.2. The molecule has 2 aromatic rings. The molecule has 122 valence electrons. The van der Waals surface area contributed by atoms with Crippen molar-refractivity contribution in [2.45, 2.75) is 31.8 Å². The molecule has 0 fully saturated rings. The quantitative estimate of drug-likeness (QED) is 0.705. The van der Waals surface area contributed by atoms with Crippen LogP contribution in [0.25, 0.3) is 0 Å². The Morgan fingerprint density at radius 3 is 2.26 bits per heavy atom. The van der Waals surface area contributed by atoms with Gasteiger partial charge in [0.15, 0.2) is 0 Å². The van der Waals surface area contributed by atoms with Crippen LogP contribution in [0.15, 0.2) is 54.6 Å². The Bertz CT molecular complexity index is 596. The third-order valence-corrected chi connectivity index (χ3v) is 3.65. The lowest BCUT2D eigenvalue weighted by Crippen LogP contribution is -2.10. The van der Waals surface area contributed by atoms with Gasteiger partial charge in [0, 0.05) is 13.5 Å². The minimum Gasteiger partial charge on any atom is -0.457 e. The Balaban J connectivity index is 1.90. The molecule has 2 rings (SSSR count). The van der Waals surface area contributed by atoms with Crippen LogP contribution in [-0.4, -0.2) is 13.0 Å². The van der Waals surface area contributed by atoms with Crippen LogP contribution in [0.2, 0.25) is 0 Å². The highest BCUT2D eigenvalue weighted by Crippen LogP contribution is 2.27. The first kappa shape index (κ1) is 17.0. The summed E-state index contributed by atoms with van der Waals surface area (Å²) in [7, 11) is 1.70. The predicted octanol–water partition coefficient (Wildman–Crippen LogP) is 4.21. The molecular formula is C19H23NO3. The number of hydrogen-bond acceptors (Lipinski definition) is 3. The molecule has 0 spiro atoms. The number of carbonyl (C=O) groups excluding carboxylic acids is 1. The monoisotopic (exact) mass is 313 g/mol. The van der Waals surface area contributed by atoms with E-state index in [-0.39, 0.29) is 12.0 Å². The molecule has 0 aliphatic rings. The molecule has 1 amide bonds. The molecule has 4 heteroatoms. The van der Waals surface area contributed by atoms with Crippen LogP contribution in [0.4, 0.5) is 0 Å². The van der Waals surface area contributed by atoms with Crippen LogP contribution < -0.4 is 10.5 Å². The average molecular weight is 313 g/mol. The molecule has 0 radical (unpaired) electrons. The molecule has 2 aromatic carbocycles. The van der Waals surface area contributed by atoms with Gasteiger partial charge in [-0.3, -0.25) is 4.79 Å². The van der Waals surface area contributed by atoms with Gasteiger partial charge in [-0.05, 0) is 42.7 Å². The van der Waals surface area contributed by atoms with E-state index in [0.29, 0.717) is 6.42 Å². The van der Waals surface area contributed by atoms with E-state index in [0.717, 1.165) is 36.3 Å². The first-order valence-electron chi connectivity index (χ1n) is 7.83. The SMILES string of the molecule is COC(CCCCC(N)=O)c1ccc(Oc2ccccc2)cc1. The molecule has 0 aliphatic carbocycles. The second kappa shape index (κ2) is 8.96. The summed E-state index contributed by atoms with van der Waals surface area (Å²) >= 11 is 0. The van der Waals surface area contributed by atoms with Crippen molar-refractivity contribution in [3.63, 3.8) is 0 Å². The zero-order chi connectivity index (χ0) is 16.5. The molecule has 0 heterocycles. The van der Waals surface area contributed by atoms with Crippen LogP contribution in [0, 0.1) is 0 Å². The number of amides is 1. The maximum atomic E-state index is 10.7. The number of ether oxygens (including phenoxy) is 2. The molecule has 0 saturated carbocycles. The van der Waals surface area contributed by atoms with Crippen LogP contribution in [-0.2, 0) is 9.53 Å². The van der Waals surface area contributed by atoms with Gasteiger partial charge in [-0.25, -0.2) is 0 Å². The van der Waals surface area contributed by atoms with E-state index in [1.54, 1.807) is 7.11 Å². The predicted molar refractivity (Wildman–Crippen MR) is 90.4 cm³/mol. The number of para-hydroxylation sites is 1. The second-order valence-electron chi connectivity index (χ2n) is 5.42. The van der Waals surface area contributed by atoms with Crippen molar-refractivity contribution >= 4 is 5.91 Å². The van der Waals surface area contributed by atoms with E-state index in [4.69, 9.17) is 15.2 Å². The lowest BCUT2D eigenvalue weighted by molar-refractivity contribution is -0.118. The lowest BCUT2D eigenvalue weighted by Gasteiger charge is -2.16. The van der Waals surface area contributed by atoms with Crippen molar-refractivity contribution in [2.24, 2.45) is 5.73 Å². The Morgan fingerprint density at radius 1 is 1.00 bits per heavy atom. The summed E-state index contributed by atoms with van der Waals surface area (Å²) in [5.41, 5.74) is 6.25. The summed E-state index contributed by atoms with van der Waals surface area (Å²) in [6.07, 6.45) is 3.02. The number of hydrogen-bond donors (Lipinski definition) is 1. The fraction of sp³-hybridized carbons (Fsp3) is 0.316. The standard InChI is InChI=1S/C19H23NO3/c1-22-18(9-5-6-10-19(20)21)15-11-13-17(14-12-15)23-16-7-3-2-4-8-16/h2-4,7-8,11-14,18H,5-6,9-10H2,1H3,(H2,20,21). The Hall–Kier alpha value is -2.33. The van der Waals surface area contributed by atoms with Gasteiger partial charge >= 0.3 is 0 Å². The minimum absolute atomic E-state index is 0.0219. The molecule has 1 atom stereocenters. The van der Waals surface area contributed by atoms with E-state index in [1.165, 1.54) is 0 Å². The van der Waals surface area contributed by atoms with E-state index < -0.39 is 0 Å². The van der Waals surface area contributed by atoms with Gasteiger partial charge in [0.05, 0.1) is 6.10 Å². The zero-order valence-corrected chi connectivity index (χ0v) is 13.4. The summed E-state index contributed by atoms with van der Waals surface area (Å²) in [5.74, 6) is 1.36. The van der Waals surface area contributed by atoms with Gasteiger partial charge in [-0.2, -0.15) is 0 Å². The average Bonchev–Trinajstić information content (AvgIpc) is 2.57. The van der Waals surface area contributed by atoms with E-state index in [2.05, 4.69) is 0 Å². The normalized spacial score (nSPS) is 11.9. The molecule has 23 heavy (non-hydrogen) atoms. The molecule has 0 bridgehead atoms. The number of rotatable bonds is 9. The summed E-state index contributed by atoms with van der Waals surface area (Å²) in [5, 5.41) is 0. The second-order valence-corrected chi connectivity index (χ2v) is 5.42. The van der Waals surface area contributed by atoms with Crippen LogP contribution >= 0.6 is 0 Å². The maximum absolute atomic E-state index is 10.7. The number of nitrogens with two attached hydrogens (primary N) is 1. The first-order valence-corrected chi connectivity index (χ1v) is 7.83. The molecule has 1 unspecified atom stereocenters. The van der Waals surface area contributed by atoms with E-state index >= 15 is 0 Å². The number of carbonyl (C=O) groups is 1. The van der Waals surface area contributed by atoms with Gasteiger partial charge in [0.2, 0.25) is 5.91 Å². The molecular weight excluding hydrogens is 290 g/mol. The largest absolute Gasteiger partial charge is 0.457 e. The number of unbranched alkanes of at least 4 members (excludes halogenated alkanes) is 1. The Morgan fingerprint density at radius 2 is 1.65 bits per heavy atom. The highest BCUT2D eigenvalue weighted by molar-refractivity contribution is 5.73. The van der Waals surface area contributed by atoms with Crippen molar-refractivity contribution in [3.05, 3.63) is 60.2 Å². The fourth-order valence-electron chi connectivity index (χ4n) is 2.42. The van der Waals surface area contributed by atoms with Crippen molar-refractivity contribution in [1.82, 2.24) is 0 Å². The van der Waals surface area contributed by atoms with Crippen molar-refractivity contribution in [3.8, 4) is 11.5 Å². The smallest absolute Gasteiger partial charge is 0.217 e. The van der Waals surface area contributed by atoms with E-state index in [1.807, 2.05) is 54.6 Å². The van der Waals surface area contributed by atoms with Crippen LogP contribution in [0.1, 0.15) is 37.4 Å². The third-order valence-electron chi connectivity index (χ3n) is 3.65. The van der Waals surface area contributed by atoms with Crippen LogP contribution in [0.5, 0.6) is 11.5 Å². The summed E-state index contributed by atoms with van der Waals surface area (Å²) in [6, 6.07) is 17.6. The summed E-state index contributed by atoms with van der Waals surface area (Å²) < 4.78 is 11.3. The third kappa shape index (κ3) is 5.75. The maximum Gasteiger partial charge on any atom is 0.217 e. The van der Waals surface area contributed by atoms with Gasteiger partial charge < -0.3 is 15.2 Å². The summed E-state index contributed by atoms with van der Waals surface area (Å²) in [6.45, 7) is 0.